The maximum Gasteiger partial charge on any atom is 0.373 e. The molecule has 2 aromatic rings. The zero-order chi connectivity index (χ0) is 16.1. The quantitative estimate of drug-likeness (QED) is 0.459. The van der Waals surface area contributed by atoms with Crippen molar-refractivity contribution in [2.24, 2.45) is 0 Å². The number of nitrogens with zero attached hydrogens (tertiary/aromatic N) is 1. The molecule has 0 amide bonds. The Kier molecular flexibility index (Phi) is 4.62. The molecule has 0 spiro atoms. The molecule has 22 heavy (non-hydrogen) atoms. The van der Waals surface area contributed by atoms with Crippen LogP contribution in [0.5, 0.6) is 11.5 Å². The Labute approximate surface area is 125 Å². The van der Waals surface area contributed by atoms with Gasteiger partial charge in [0.2, 0.25) is 5.76 Å². The molecule has 0 saturated heterocycles. The lowest BCUT2D eigenvalue weighted by molar-refractivity contribution is -0.385. The highest BCUT2D eigenvalue weighted by atomic mass is 16.6. The number of methoxy groups -OCH3 is 2. The van der Waals surface area contributed by atoms with E-state index in [1.807, 2.05) is 0 Å². The lowest BCUT2D eigenvalue weighted by Crippen LogP contribution is -2.00. The van der Waals surface area contributed by atoms with Gasteiger partial charge in [0.1, 0.15) is 12.4 Å². The van der Waals surface area contributed by atoms with E-state index in [1.54, 1.807) is 6.07 Å². The molecule has 1 aromatic carbocycles. The number of hydrogen-bond donors (Lipinski definition) is 0. The Balaban J connectivity index is 2.13. The first-order chi connectivity index (χ1) is 10.5. The van der Waals surface area contributed by atoms with Crippen LogP contribution in [0.25, 0.3) is 0 Å². The van der Waals surface area contributed by atoms with E-state index in [4.69, 9.17) is 13.9 Å². The van der Waals surface area contributed by atoms with Crippen molar-refractivity contribution in [1.82, 2.24) is 0 Å². The summed E-state index contributed by atoms with van der Waals surface area (Å²) in [6, 6.07) is 7.01. The molecule has 8 nitrogen and oxygen atoms in total. The summed E-state index contributed by atoms with van der Waals surface area (Å²) in [6.45, 7) is -0.0193. The number of hydrogen-bond acceptors (Lipinski definition) is 7. The summed E-state index contributed by atoms with van der Waals surface area (Å²) >= 11 is 0. The van der Waals surface area contributed by atoms with E-state index in [0.717, 1.165) is 0 Å². The van der Waals surface area contributed by atoms with Gasteiger partial charge in [0, 0.05) is 6.07 Å². The van der Waals surface area contributed by atoms with Crippen molar-refractivity contribution >= 4 is 11.7 Å². The molecular formula is C14H13NO7. The number of non-ortho nitro benzene ring substituents is 1. The van der Waals surface area contributed by atoms with Crippen molar-refractivity contribution in [2.75, 3.05) is 14.2 Å². The molecule has 0 aliphatic heterocycles. The van der Waals surface area contributed by atoms with Crippen LogP contribution in [0.4, 0.5) is 5.69 Å². The molecule has 0 aliphatic carbocycles. The maximum atomic E-state index is 11.3. The molecule has 0 bridgehead atoms. The topological polar surface area (TPSA) is 101 Å². The number of nitro groups is 1. The van der Waals surface area contributed by atoms with E-state index < -0.39 is 10.9 Å². The van der Waals surface area contributed by atoms with Crippen LogP contribution in [-0.4, -0.2) is 25.1 Å². The third kappa shape index (κ3) is 3.35. The molecule has 0 unspecified atom stereocenters. The number of nitro benzene ring substituents is 1. The fourth-order valence-electron chi connectivity index (χ4n) is 1.71. The van der Waals surface area contributed by atoms with E-state index in [1.165, 1.54) is 38.5 Å². The van der Waals surface area contributed by atoms with Gasteiger partial charge in [-0.3, -0.25) is 10.1 Å². The van der Waals surface area contributed by atoms with Gasteiger partial charge < -0.3 is 18.6 Å². The van der Waals surface area contributed by atoms with Gasteiger partial charge in [0.25, 0.3) is 5.69 Å². The number of carbonyl (C=O) groups is 1. The molecule has 0 radical (unpaired) electrons. The molecule has 116 valence electrons. The second-order valence-corrected chi connectivity index (χ2v) is 4.14. The molecule has 8 heteroatoms. The highest BCUT2D eigenvalue weighted by Crippen LogP contribution is 2.31. The predicted molar refractivity (Wildman–Crippen MR) is 74.0 cm³/mol. The van der Waals surface area contributed by atoms with Crippen molar-refractivity contribution in [3.63, 3.8) is 0 Å². The van der Waals surface area contributed by atoms with E-state index in [0.29, 0.717) is 11.5 Å². The lowest BCUT2D eigenvalue weighted by atomic mass is 10.3. The minimum Gasteiger partial charge on any atom is -0.493 e. The second kappa shape index (κ2) is 6.61. The zero-order valence-corrected chi connectivity index (χ0v) is 11.9. The zero-order valence-electron chi connectivity index (χ0n) is 11.9. The SMILES string of the molecule is COC(=O)c1ccc(COc2cc([N+](=O)[O-])ccc2OC)o1. The van der Waals surface area contributed by atoms with E-state index in [-0.39, 0.29) is 23.8 Å². The van der Waals surface area contributed by atoms with Crippen LogP contribution in [0.3, 0.4) is 0 Å². The smallest absolute Gasteiger partial charge is 0.373 e. The summed E-state index contributed by atoms with van der Waals surface area (Å²) < 4.78 is 20.3. The normalized spacial score (nSPS) is 10.1. The first-order valence-electron chi connectivity index (χ1n) is 6.17. The van der Waals surface area contributed by atoms with Gasteiger partial charge in [-0.2, -0.15) is 0 Å². The Bertz CT molecular complexity index is 692. The van der Waals surface area contributed by atoms with Gasteiger partial charge in [-0.05, 0) is 18.2 Å². The molecule has 0 atom stereocenters. The van der Waals surface area contributed by atoms with Crippen LogP contribution in [0, 0.1) is 10.1 Å². The number of esters is 1. The fraction of sp³-hybridized carbons (Fsp3) is 0.214. The third-order valence-electron chi connectivity index (χ3n) is 2.78. The summed E-state index contributed by atoms with van der Waals surface area (Å²) in [7, 11) is 2.67. The summed E-state index contributed by atoms with van der Waals surface area (Å²) in [5.41, 5.74) is -0.120. The minimum absolute atomic E-state index is 0.0193. The van der Waals surface area contributed by atoms with E-state index in [9.17, 15) is 14.9 Å². The van der Waals surface area contributed by atoms with Gasteiger partial charge in [0.15, 0.2) is 11.5 Å². The largest absolute Gasteiger partial charge is 0.493 e. The second-order valence-electron chi connectivity index (χ2n) is 4.14. The molecule has 0 aliphatic rings. The summed E-state index contributed by atoms with van der Waals surface area (Å²) in [5, 5.41) is 10.8. The standard InChI is InChI=1S/C14H13NO7/c1-19-11-5-3-9(15(17)18)7-13(11)21-8-10-4-6-12(22-10)14(16)20-2/h3-7H,8H2,1-2H3. The van der Waals surface area contributed by atoms with Crippen LogP contribution >= 0.6 is 0 Å². The van der Waals surface area contributed by atoms with Crippen molar-refractivity contribution in [3.8, 4) is 11.5 Å². The van der Waals surface area contributed by atoms with Crippen LogP contribution in [-0.2, 0) is 11.3 Å². The number of furan rings is 1. The first kappa shape index (κ1) is 15.4. The highest BCUT2D eigenvalue weighted by molar-refractivity contribution is 5.86. The van der Waals surface area contributed by atoms with E-state index in [2.05, 4.69) is 4.74 Å². The molecule has 0 saturated carbocycles. The van der Waals surface area contributed by atoms with Gasteiger partial charge in [0.05, 0.1) is 25.2 Å². The Morgan fingerprint density at radius 1 is 1.23 bits per heavy atom. The van der Waals surface area contributed by atoms with Crippen LogP contribution < -0.4 is 9.47 Å². The number of carbonyl (C=O) groups excluding carboxylic acids is 1. The minimum atomic E-state index is -0.598. The number of benzene rings is 1. The van der Waals surface area contributed by atoms with Gasteiger partial charge in [-0.25, -0.2) is 4.79 Å². The highest BCUT2D eigenvalue weighted by Gasteiger charge is 2.15. The molecule has 1 aromatic heterocycles. The maximum absolute atomic E-state index is 11.3. The molecule has 2 rings (SSSR count). The molecule has 1 heterocycles. The van der Waals surface area contributed by atoms with Gasteiger partial charge in [-0.15, -0.1) is 0 Å². The average Bonchev–Trinajstić information content (AvgIpc) is 3.00. The Hall–Kier alpha value is -3.03. The Morgan fingerprint density at radius 3 is 2.64 bits per heavy atom. The molecule has 0 fully saturated rings. The van der Waals surface area contributed by atoms with Gasteiger partial charge in [-0.1, -0.05) is 0 Å². The van der Waals surface area contributed by atoms with Gasteiger partial charge >= 0.3 is 5.97 Å². The van der Waals surface area contributed by atoms with Crippen molar-refractivity contribution < 1.29 is 28.3 Å². The average molecular weight is 307 g/mol. The van der Waals surface area contributed by atoms with Crippen molar-refractivity contribution in [1.29, 1.82) is 0 Å². The third-order valence-corrected chi connectivity index (χ3v) is 2.78. The number of ether oxygens (including phenoxy) is 3. The van der Waals surface area contributed by atoms with E-state index >= 15 is 0 Å². The van der Waals surface area contributed by atoms with Crippen molar-refractivity contribution in [3.05, 3.63) is 52.0 Å². The molecule has 0 N–H and O–H groups in total. The first-order valence-corrected chi connectivity index (χ1v) is 6.17. The monoisotopic (exact) mass is 307 g/mol. The van der Waals surface area contributed by atoms with Crippen molar-refractivity contribution in [2.45, 2.75) is 6.61 Å². The summed E-state index contributed by atoms with van der Waals surface area (Å²) in [6.07, 6.45) is 0. The fourth-order valence-corrected chi connectivity index (χ4v) is 1.71. The molecular weight excluding hydrogens is 294 g/mol. The van der Waals surface area contributed by atoms with Crippen LogP contribution in [0.2, 0.25) is 0 Å². The Morgan fingerprint density at radius 2 is 2.00 bits per heavy atom. The summed E-state index contributed by atoms with van der Waals surface area (Å²) in [5.74, 6) is 0.373. The number of rotatable bonds is 6. The van der Waals surface area contributed by atoms with Crippen LogP contribution in [0.1, 0.15) is 16.3 Å². The lowest BCUT2D eigenvalue weighted by Gasteiger charge is -2.09. The van der Waals surface area contributed by atoms with Crippen LogP contribution in [0.15, 0.2) is 34.7 Å². The predicted octanol–water partition coefficient (Wildman–Crippen LogP) is 2.56. The summed E-state index contributed by atoms with van der Waals surface area (Å²) in [4.78, 5) is 21.5.